The highest BCUT2D eigenvalue weighted by Crippen LogP contribution is 2.31. The fourth-order valence-corrected chi connectivity index (χ4v) is 6.24. The first-order valence-electron chi connectivity index (χ1n) is 9.63. The molecule has 0 unspecified atom stereocenters. The molecule has 2 aromatic carbocycles. The van der Waals surface area contributed by atoms with E-state index in [0.717, 1.165) is 18.5 Å². The van der Waals surface area contributed by atoms with Crippen molar-refractivity contribution in [2.75, 3.05) is 32.7 Å². The smallest absolute Gasteiger partial charge is 0.408 e. The van der Waals surface area contributed by atoms with Crippen LogP contribution in [0, 0.1) is 0 Å². The molecule has 30 heavy (non-hydrogen) atoms. The molecule has 0 spiro atoms. The van der Waals surface area contributed by atoms with Crippen LogP contribution in [0.4, 0.5) is 0 Å². The summed E-state index contributed by atoms with van der Waals surface area (Å²) in [5, 5.41) is 0.255. The minimum Gasteiger partial charge on any atom is -0.408 e. The Morgan fingerprint density at radius 2 is 1.57 bits per heavy atom. The minimum atomic E-state index is -3.75. The molecule has 1 saturated heterocycles. The second-order valence-electron chi connectivity index (χ2n) is 7.14. The van der Waals surface area contributed by atoms with Gasteiger partial charge in [-0.1, -0.05) is 41.4 Å². The van der Waals surface area contributed by atoms with Gasteiger partial charge in [-0.25, -0.2) is 13.2 Å². The lowest BCUT2D eigenvalue weighted by atomic mass is 10.3. The van der Waals surface area contributed by atoms with Crippen LogP contribution in [0.2, 0.25) is 10.0 Å². The largest absolute Gasteiger partial charge is 0.419 e. The van der Waals surface area contributed by atoms with Crippen molar-refractivity contribution in [3.8, 4) is 0 Å². The first-order chi connectivity index (χ1) is 14.4. The van der Waals surface area contributed by atoms with Crippen LogP contribution in [0.1, 0.15) is 6.42 Å². The molecule has 4 rings (SSSR count). The lowest BCUT2D eigenvalue weighted by Crippen LogP contribution is -2.48. The van der Waals surface area contributed by atoms with Crippen molar-refractivity contribution < 1.29 is 12.8 Å². The number of sulfonamides is 1. The molecule has 160 valence electrons. The number of hydrogen-bond donors (Lipinski definition) is 0. The average Bonchev–Trinajstić information content (AvgIpc) is 3.03. The van der Waals surface area contributed by atoms with Crippen molar-refractivity contribution in [3.63, 3.8) is 0 Å². The number of piperazine rings is 1. The van der Waals surface area contributed by atoms with Crippen LogP contribution in [0.5, 0.6) is 0 Å². The second-order valence-corrected chi connectivity index (χ2v) is 9.83. The summed E-state index contributed by atoms with van der Waals surface area (Å²) in [6.07, 6.45) is 0.756. The zero-order valence-corrected chi connectivity index (χ0v) is 18.5. The fourth-order valence-electron chi connectivity index (χ4n) is 3.73. The van der Waals surface area contributed by atoms with Gasteiger partial charge in [-0.2, -0.15) is 4.31 Å². The maximum absolute atomic E-state index is 13.0. The van der Waals surface area contributed by atoms with E-state index in [1.807, 2.05) is 18.2 Å². The summed E-state index contributed by atoms with van der Waals surface area (Å²) >= 11 is 12.2. The van der Waals surface area contributed by atoms with Crippen LogP contribution in [-0.4, -0.2) is 54.9 Å². The Morgan fingerprint density at radius 1 is 0.900 bits per heavy atom. The molecule has 3 aromatic rings. The number of rotatable bonds is 6. The van der Waals surface area contributed by atoms with E-state index < -0.39 is 10.0 Å². The number of oxazole rings is 1. The van der Waals surface area contributed by atoms with E-state index >= 15 is 0 Å². The summed E-state index contributed by atoms with van der Waals surface area (Å²) in [5.41, 5.74) is 1.37. The molecule has 1 fully saturated rings. The molecule has 1 aliphatic heterocycles. The number of nitrogens with zero attached hydrogens (tertiary/aromatic N) is 3. The zero-order valence-electron chi connectivity index (χ0n) is 16.1. The monoisotopic (exact) mass is 469 g/mol. The van der Waals surface area contributed by atoms with Gasteiger partial charge >= 0.3 is 5.76 Å². The van der Waals surface area contributed by atoms with Gasteiger partial charge in [-0.15, -0.1) is 0 Å². The van der Waals surface area contributed by atoms with E-state index in [4.69, 9.17) is 27.6 Å². The predicted octanol–water partition coefficient (Wildman–Crippen LogP) is 3.30. The van der Waals surface area contributed by atoms with Gasteiger partial charge in [0, 0.05) is 32.7 Å². The summed E-state index contributed by atoms with van der Waals surface area (Å²) in [7, 11) is -3.75. The molecule has 7 nitrogen and oxygen atoms in total. The molecule has 2 heterocycles. The van der Waals surface area contributed by atoms with Crippen LogP contribution >= 0.6 is 23.2 Å². The van der Waals surface area contributed by atoms with Gasteiger partial charge in [0.25, 0.3) is 0 Å². The number of para-hydroxylation sites is 2. The van der Waals surface area contributed by atoms with E-state index in [1.54, 1.807) is 16.7 Å². The van der Waals surface area contributed by atoms with Crippen molar-refractivity contribution in [1.82, 2.24) is 13.8 Å². The van der Waals surface area contributed by atoms with Crippen molar-refractivity contribution in [2.45, 2.75) is 17.9 Å². The number of hydrogen-bond acceptors (Lipinski definition) is 5. The maximum atomic E-state index is 13.0. The Balaban J connectivity index is 1.35. The van der Waals surface area contributed by atoms with Gasteiger partial charge < -0.3 is 9.32 Å². The van der Waals surface area contributed by atoms with Gasteiger partial charge in [0.2, 0.25) is 10.0 Å². The number of benzene rings is 2. The summed E-state index contributed by atoms with van der Waals surface area (Å²) < 4.78 is 34.2. The number of fused-ring (bicyclic) bond motifs is 1. The van der Waals surface area contributed by atoms with Crippen molar-refractivity contribution in [3.05, 3.63) is 63.1 Å². The molecule has 1 aliphatic rings. The van der Waals surface area contributed by atoms with Gasteiger partial charge in [0.15, 0.2) is 5.58 Å². The van der Waals surface area contributed by atoms with Crippen molar-refractivity contribution in [2.24, 2.45) is 0 Å². The summed E-state index contributed by atoms with van der Waals surface area (Å²) in [6, 6.07) is 12.0. The molecule has 0 saturated carbocycles. The molecule has 0 amide bonds. The highest BCUT2D eigenvalue weighted by Gasteiger charge is 2.31. The van der Waals surface area contributed by atoms with E-state index in [2.05, 4.69) is 4.90 Å². The van der Waals surface area contributed by atoms with Crippen LogP contribution in [0.15, 0.2) is 56.6 Å². The first-order valence-corrected chi connectivity index (χ1v) is 11.8. The lowest BCUT2D eigenvalue weighted by molar-refractivity contribution is 0.184. The third kappa shape index (κ3) is 4.15. The quantitative estimate of drug-likeness (QED) is 0.553. The van der Waals surface area contributed by atoms with E-state index in [9.17, 15) is 13.2 Å². The fraction of sp³-hybridized carbons (Fsp3) is 0.350. The molecule has 0 N–H and O–H groups in total. The third-order valence-corrected chi connectivity index (χ3v) is 8.13. The summed E-state index contributed by atoms with van der Waals surface area (Å²) in [6.45, 7) is 3.22. The molecule has 0 bridgehead atoms. The maximum Gasteiger partial charge on any atom is 0.419 e. The van der Waals surface area contributed by atoms with E-state index in [1.165, 1.54) is 16.4 Å². The van der Waals surface area contributed by atoms with Crippen molar-refractivity contribution >= 4 is 44.3 Å². The van der Waals surface area contributed by atoms with Crippen LogP contribution in [0.3, 0.4) is 0 Å². The molecule has 1 aromatic heterocycles. The summed E-state index contributed by atoms with van der Waals surface area (Å²) in [5.74, 6) is -0.358. The Hall–Kier alpha value is -1.84. The lowest BCUT2D eigenvalue weighted by Gasteiger charge is -2.34. The Bertz CT molecular complexity index is 1190. The molecule has 0 atom stereocenters. The highest BCUT2D eigenvalue weighted by molar-refractivity contribution is 7.89. The van der Waals surface area contributed by atoms with Crippen LogP contribution < -0.4 is 5.76 Å². The van der Waals surface area contributed by atoms with Crippen molar-refractivity contribution in [1.29, 1.82) is 0 Å². The molecule has 10 heteroatoms. The zero-order chi connectivity index (χ0) is 21.3. The Kier molecular flexibility index (Phi) is 6.22. The third-order valence-electron chi connectivity index (χ3n) is 5.28. The average molecular weight is 470 g/mol. The van der Waals surface area contributed by atoms with E-state index in [-0.39, 0.29) is 20.7 Å². The Labute approximate surface area is 184 Å². The molecular formula is C20H21Cl2N3O4S. The normalized spacial score (nSPS) is 16.3. The second kappa shape index (κ2) is 8.72. The van der Waals surface area contributed by atoms with Gasteiger partial charge in [0.1, 0.15) is 4.90 Å². The first kappa shape index (κ1) is 21.4. The number of halogens is 2. The van der Waals surface area contributed by atoms with Crippen LogP contribution in [-0.2, 0) is 16.6 Å². The number of aryl methyl sites for hydroxylation is 1. The molecule has 0 aliphatic carbocycles. The number of aromatic nitrogens is 1. The van der Waals surface area contributed by atoms with Gasteiger partial charge in [-0.05, 0) is 37.2 Å². The molecule has 0 radical (unpaired) electrons. The van der Waals surface area contributed by atoms with Gasteiger partial charge in [0.05, 0.1) is 15.6 Å². The highest BCUT2D eigenvalue weighted by atomic mass is 35.5. The topological polar surface area (TPSA) is 75.8 Å². The minimum absolute atomic E-state index is 0.0343. The Morgan fingerprint density at radius 3 is 2.27 bits per heavy atom. The summed E-state index contributed by atoms with van der Waals surface area (Å²) in [4.78, 5) is 14.2. The van der Waals surface area contributed by atoms with E-state index in [0.29, 0.717) is 38.3 Å². The standard InChI is InChI=1S/C20H21Cl2N3O4S/c21-15-5-3-6-16(22)19(15)30(27,28)24-13-11-23(12-14-24)9-4-10-25-17-7-1-2-8-18(17)29-20(25)26/h1-3,5-8H,4,9-14H2. The van der Waals surface area contributed by atoms with Crippen LogP contribution in [0.25, 0.3) is 11.1 Å². The van der Waals surface area contributed by atoms with Gasteiger partial charge in [-0.3, -0.25) is 4.57 Å². The SMILES string of the molecule is O=c1oc2ccccc2n1CCCN1CCN(S(=O)(=O)c2c(Cl)cccc2Cl)CC1. The predicted molar refractivity (Wildman–Crippen MR) is 117 cm³/mol. The molecular weight excluding hydrogens is 449 g/mol.